The minimum atomic E-state index is -1.03. The molecule has 0 fully saturated rings. The molecule has 0 bridgehead atoms. The van der Waals surface area contributed by atoms with Crippen LogP contribution in [-0.2, 0) is 4.79 Å². The molecule has 0 amide bonds. The Balaban J connectivity index is 3.23. The van der Waals surface area contributed by atoms with E-state index < -0.39 is 10.9 Å². The number of carboxylic acids is 1. The largest absolute Gasteiger partial charge is 0.480 e. The molecule has 0 aliphatic heterocycles. The summed E-state index contributed by atoms with van der Waals surface area (Å²) in [6, 6.07) is 2.32. The van der Waals surface area contributed by atoms with Gasteiger partial charge < -0.3 is 10.0 Å². The summed E-state index contributed by atoms with van der Waals surface area (Å²) in [6.07, 6.45) is 0.691. The molecule has 0 aromatic heterocycles. The molecule has 0 aliphatic rings. The van der Waals surface area contributed by atoms with Crippen LogP contribution in [0.4, 0.5) is 11.4 Å². The Morgan fingerprint density at radius 3 is 2.32 bits per heavy atom. The van der Waals surface area contributed by atoms with Crippen molar-refractivity contribution in [3.8, 4) is 0 Å². The Bertz CT molecular complexity index is 484. The molecule has 104 valence electrons. The highest BCUT2D eigenvalue weighted by molar-refractivity contribution is 6.39. The Morgan fingerprint density at radius 1 is 1.42 bits per heavy atom. The fraction of sp³-hybridized carbons (Fsp3) is 0.364. The van der Waals surface area contributed by atoms with Crippen LogP contribution < -0.4 is 4.90 Å². The molecule has 6 nitrogen and oxygen atoms in total. The molecular weight excluding hydrogens is 295 g/mol. The molecule has 0 atom stereocenters. The second-order valence-electron chi connectivity index (χ2n) is 3.83. The lowest BCUT2D eigenvalue weighted by Gasteiger charge is -2.24. The monoisotopic (exact) mass is 306 g/mol. The van der Waals surface area contributed by atoms with Gasteiger partial charge in [-0.3, -0.25) is 14.9 Å². The lowest BCUT2D eigenvalue weighted by Crippen LogP contribution is -2.30. The first-order valence-electron chi connectivity index (χ1n) is 5.47. The molecule has 8 heteroatoms. The van der Waals surface area contributed by atoms with Gasteiger partial charge in [0.1, 0.15) is 6.54 Å². The van der Waals surface area contributed by atoms with Crippen molar-refractivity contribution in [2.24, 2.45) is 0 Å². The molecule has 19 heavy (non-hydrogen) atoms. The second-order valence-corrected chi connectivity index (χ2v) is 4.64. The highest BCUT2D eigenvalue weighted by Gasteiger charge is 2.20. The van der Waals surface area contributed by atoms with E-state index in [9.17, 15) is 14.9 Å². The lowest BCUT2D eigenvalue weighted by molar-refractivity contribution is -0.384. The highest BCUT2D eigenvalue weighted by atomic mass is 35.5. The van der Waals surface area contributed by atoms with E-state index in [0.717, 1.165) is 12.1 Å². The molecule has 1 N–H and O–H groups in total. The van der Waals surface area contributed by atoms with Crippen molar-refractivity contribution in [1.82, 2.24) is 0 Å². The van der Waals surface area contributed by atoms with Gasteiger partial charge in [0.15, 0.2) is 0 Å². The fourth-order valence-electron chi connectivity index (χ4n) is 1.66. The molecule has 0 saturated heterocycles. The first-order valence-corrected chi connectivity index (χ1v) is 6.22. The first-order chi connectivity index (χ1) is 8.86. The molecule has 0 spiro atoms. The number of aliphatic carboxylic acids is 1. The number of nitrogens with zero attached hydrogens (tertiary/aromatic N) is 2. The number of nitro groups is 1. The summed E-state index contributed by atoms with van der Waals surface area (Å²) in [6.45, 7) is 2.04. The van der Waals surface area contributed by atoms with Crippen LogP contribution in [0, 0.1) is 10.1 Å². The van der Waals surface area contributed by atoms with Crippen LogP contribution in [0.3, 0.4) is 0 Å². The molecular formula is C11H12Cl2N2O4. The number of nitro benzene ring substituents is 1. The van der Waals surface area contributed by atoms with Crippen molar-refractivity contribution in [2.45, 2.75) is 13.3 Å². The Morgan fingerprint density at radius 2 is 1.95 bits per heavy atom. The summed E-state index contributed by atoms with van der Waals surface area (Å²) in [4.78, 5) is 22.4. The highest BCUT2D eigenvalue weighted by Crippen LogP contribution is 2.37. The van der Waals surface area contributed by atoms with Gasteiger partial charge >= 0.3 is 5.97 Å². The number of anilines is 1. The van der Waals surface area contributed by atoms with Gasteiger partial charge in [-0.25, -0.2) is 0 Å². The van der Waals surface area contributed by atoms with Gasteiger partial charge in [0, 0.05) is 18.7 Å². The van der Waals surface area contributed by atoms with Crippen LogP contribution in [0.25, 0.3) is 0 Å². The van der Waals surface area contributed by atoms with Crippen molar-refractivity contribution in [3.05, 3.63) is 32.3 Å². The van der Waals surface area contributed by atoms with E-state index in [4.69, 9.17) is 28.3 Å². The van der Waals surface area contributed by atoms with Gasteiger partial charge in [-0.05, 0) is 6.42 Å². The summed E-state index contributed by atoms with van der Waals surface area (Å²) in [5, 5.41) is 19.7. The number of hydrogen-bond donors (Lipinski definition) is 1. The van der Waals surface area contributed by atoms with E-state index >= 15 is 0 Å². The van der Waals surface area contributed by atoms with Gasteiger partial charge in [-0.1, -0.05) is 30.1 Å². The number of rotatable bonds is 6. The van der Waals surface area contributed by atoms with Crippen LogP contribution in [0.15, 0.2) is 12.1 Å². The first kappa shape index (κ1) is 15.5. The summed E-state index contributed by atoms with van der Waals surface area (Å²) < 4.78 is 0. The zero-order chi connectivity index (χ0) is 14.6. The SMILES string of the molecule is CCCN(CC(=O)O)c1c(Cl)cc([N+](=O)[O-])cc1Cl. The number of benzene rings is 1. The third-order valence-electron chi connectivity index (χ3n) is 2.35. The quantitative estimate of drug-likeness (QED) is 0.644. The van der Waals surface area contributed by atoms with Gasteiger partial charge in [0.05, 0.1) is 20.7 Å². The number of carboxylic acid groups (broad SMARTS) is 1. The third-order valence-corrected chi connectivity index (χ3v) is 2.92. The fourth-order valence-corrected chi connectivity index (χ4v) is 2.38. The third kappa shape index (κ3) is 3.97. The smallest absolute Gasteiger partial charge is 0.323 e. The number of halogens is 2. The average Bonchev–Trinajstić information content (AvgIpc) is 2.27. The minimum absolute atomic E-state index is 0.0638. The Labute approximate surface area is 119 Å². The van der Waals surface area contributed by atoms with Crippen molar-refractivity contribution in [3.63, 3.8) is 0 Å². The van der Waals surface area contributed by atoms with Gasteiger partial charge in [0.25, 0.3) is 5.69 Å². The average molecular weight is 307 g/mol. The topological polar surface area (TPSA) is 83.7 Å². The summed E-state index contributed by atoms with van der Waals surface area (Å²) in [7, 11) is 0. The summed E-state index contributed by atoms with van der Waals surface area (Å²) >= 11 is 11.9. The normalized spacial score (nSPS) is 10.3. The zero-order valence-electron chi connectivity index (χ0n) is 10.1. The van der Waals surface area contributed by atoms with Gasteiger partial charge in [0.2, 0.25) is 0 Å². The van der Waals surface area contributed by atoms with E-state index in [1.54, 1.807) is 0 Å². The molecule has 0 heterocycles. The zero-order valence-corrected chi connectivity index (χ0v) is 11.6. The van der Waals surface area contributed by atoms with Crippen LogP contribution in [0.1, 0.15) is 13.3 Å². The molecule has 0 aliphatic carbocycles. The molecule has 1 rings (SSSR count). The van der Waals surface area contributed by atoms with E-state index in [2.05, 4.69) is 0 Å². The van der Waals surface area contributed by atoms with Crippen molar-refractivity contribution in [2.75, 3.05) is 18.0 Å². The van der Waals surface area contributed by atoms with E-state index in [0.29, 0.717) is 18.7 Å². The Kier molecular flexibility index (Phi) is 5.38. The van der Waals surface area contributed by atoms with Crippen molar-refractivity contribution < 1.29 is 14.8 Å². The number of non-ortho nitro benzene ring substituents is 1. The van der Waals surface area contributed by atoms with Crippen LogP contribution in [0.5, 0.6) is 0 Å². The molecule has 1 aromatic carbocycles. The molecule has 0 radical (unpaired) electrons. The molecule has 0 saturated carbocycles. The second kappa shape index (κ2) is 6.58. The predicted octanol–water partition coefficient (Wildman–Crippen LogP) is 3.20. The Hall–Kier alpha value is -1.53. The summed E-state index contributed by atoms with van der Waals surface area (Å²) in [5.41, 5.74) is 0.0729. The maximum absolute atomic E-state index is 10.8. The van der Waals surface area contributed by atoms with Crippen LogP contribution in [-0.4, -0.2) is 29.1 Å². The van der Waals surface area contributed by atoms with E-state index in [1.807, 2.05) is 6.92 Å². The molecule has 1 aromatic rings. The lowest BCUT2D eigenvalue weighted by atomic mass is 10.2. The van der Waals surface area contributed by atoms with E-state index in [1.165, 1.54) is 4.90 Å². The van der Waals surface area contributed by atoms with Gasteiger partial charge in [-0.2, -0.15) is 0 Å². The van der Waals surface area contributed by atoms with Gasteiger partial charge in [-0.15, -0.1) is 0 Å². The van der Waals surface area contributed by atoms with Crippen molar-refractivity contribution >= 4 is 40.5 Å². The van der Waals surface area contributed by atoms with Crippen LogP contribution >= 0.6 is 23.2 Å². The maximum Gasteiger partial charge on any atom is 0.323 e. The number of carbonyl (C=O) groups is 1. The van der Waals surface area contributed by atoms with Crippen LogP contribution in [0.2, 0.25) is 10.0 Å². The van der Waals surface area contributed by atoms with Crippen molar-refractivity contribution in [1.29, 1.82) is 0 Å². The number of hydrogen-bond acceptors (Lipinski definition) is 4. The standard InChI is InChI=1S/C11H12Cl2N2O4/c1-2-3-14(6-10(16)17)11-8(12)4-7(15(18)19)5-9(11)13/h4-5H,2-3,6H2,1H3,(H,16,17). The molecule has 0 unspecified atom stereocenters. The summed E-state index contributed by atoms with van der Waals surface area (Å²) in [5.74, 6) is -1.03. The maximum atomic E-state index is 10.8. The minimum Gasteiger partial charge on any atom is -0.480 e. The predicted molar refractivity (Wildman–Crippen MR) is 73.3 cm³/mol. The van der Waals surface area contributed by atoms with E-state index in [-0.39, 0.29) is 22.3 Å².